The third-order valence-corrected chi connectivity index (χ3v) is 8.25. The fourth-order valence-corrected chi connectivity index (χ4v) is 7.00. The number of aryl methyl sites for hydroxylation is 1. The Kier molecular flexibility index (Phi) is 4.83. The van der Waals surface area contributed by atoms with Crippen LogP contribution in [0.1, 0.15) is 12.0 Å². The third-order valence-electron chi connectivity index (χ3n) is 4.24. The molecule has 0 saturated carbocycles. The SMILES string of the molecule is Cc1ccc(Cl)cc1S(=O)(=O)N(c1ccccc1)[C@H]1CCS(=O)(=O)C1. The molecule has 1 atom stereocenters. The Hall–Kier alpha value is -1.57. The molecule has 0 radical (unpaired) electrons. The maximum atomic E-state index is 13.4. The molecular formula is C17H18ClNO4S2. The highest BCUT2D eigenvalue weighted by atomic mass is 35.5. The van der Waals surface area contributed by atoms with Crippen molar-refractivity contribution in [2.75, 3.05) is 15.8 Å². The normalized spacial score (nSPS) is 19.7. The quantitative estimate of drug-likeness (QED) is 0.792. The Balaban J connectivity index is 2.16. The average Bonchev–Trinajstić information content (AvgIpc) is 2.90. The standard InChI is InChI=1S/C17H18ClNO4S2/c1-13-7-8-14(18)11-17(13)25(22,23)19(15-5-3-2-4-6-15)16-9-10-24(20,21)12-16/h2-8,11,16H,9-10,12H2,1H3/t16-/m0/s1. The molecule has 2 aromatic carbocycles. The van der Waals surface area contributed by atoms with E-state index in [4.69, 9.17) is 11.6 Å². The van der Waals surface area contributed by atoms with Gasteiger partial charge in [0, 0.05) is 5.02 Å². The summed E-state index contributed by atoms with van der Waals surface area (Å²) in [5.74, 6) is -0.189. The maximum absolute atomic E-state index is 13.4. The zero-order chi connectivity index (χ0) is 18.2. The lowest BCUT2D eigenvalue weighted by Gasteiger charge is -2.30. The number of rotatable bonds is 4. The lowest BCUT2D eigenvalue weighted by Crippen LogP contribution is -2.41. The van der Waals surface area contributed by atoms with E-state index < -0.39 is 25.9 Å². The van der Waals surface area contributed by atoms with Crippen LogP contribution in [0.5, 0.6) is 0 Å². The number of sulfonamides is 1. The predicted molar refractivity (Wildman–Crippen MR) is 99.4 cm³/mol. The second-order valence-electron chi connectivity index (χ2n) is 6.10. The van der Waals surface area contributed by atoms with Crippen LogP contribution < -0.4 is 4.31 Å². The zero-order valence-electron chi connectivity index (χ0n) is 13.6. The zero-order valence-corrected chi connectivity index (χ0v) is 16.0. The Labute approximate surface area is 153 Å². The fraction of sp³-hybridized carbons (Fsp3) is 0.294. The van der Waals surface area contributed by atoms with E-state index in [9.17, 15) is 16.8 Å². The van der Waals surface area contributed by atoms with E-state index in [1.807, 2.05) is 0 Å². The summed E-state index contributed by atoms with van der Waals surface area (Å²) in [5, 5.41) is 0.316. The van der Waals surface area contributed by atoms with Gasteiger partial charge in [-0.1, -0.05) is 35.9 Å². The van der Waals surface area contributed by atoms with Crippen LogP contribution in [0.4, 0.5) is 5.69 Å². The first kappa shape index (κ1) is 18.2. The number of halogens is 1. The molecule has 0 amide bonds. The highest BCUT2D eigenvalue weighted by Gasteiger charge is 2.39. The van der Waals surface area contributed by atoms with Gasteiger partial charge in [-0.25, -0.2) is 16.8 Å². The van der Waals surface area contributed by atoms with Gasteiger partial charge in [-0.3, -0.25) is 4.31 Å². The van der Waals surface area contributed by atoms with Crippen LogP contribution in [-0.2, 0) is 19.9 Å². The minimum absolute atomic E-state index is 0.00888. The van der Waals surface area contributed by atoms with Crippen LogP contribution in [0.25, 0.3) is 0 Å². The highest BCUT2D eigenvalue weighted by Crippen LogP contribution is 2.32. The van der Waals surface area contributed by atoms with Gasteiger partial charge >= 0.3 is 0 Å². The van der Waals surface area contributed by atoms with Gasteiger partial charge in [0.25, 0.3) is 10.0 Å². The van der Waals surface area contributed by atoms with Gasteiger partial charge in [-0.05, 0) is 43.2 Å². The first-order valence-electron chi connectivity index (χ1n) is 7.77. The number of anilines is 1. The number of benzene rings is 2. The van der Waals surface area contributed by atoms with Crippen molar-refractivity contribution in [1.82, 2.24) is 0 Å². The van der Waals surface area contributed by atoms with Crippen LogP contribution in [0.3, 0.4) is 0 Å². The number of hydrogen-bond donors (Lipinski definition) is 0. The van der Waals surface area contributed by atoms with Gasteiger partial charge in [-0.2, -0.15) is 0 Å². The average molecular weight is 400 g/mol. The van der Waals surface area contributed by atoms with Gasteiger partial charge in [-0.15, -0.1) is 0 Å². The van der Waals surface area contributed by atoms with Crippen molar-refractivity contribution in [2.45, 2.75) is 24.3 Å². The topological polar surface area (TPSA) is 71.5 Å². The summed E-state index contributed by atoms with van der Waals surface area (Å²) < 4.78 is 51.8. The number of hydrogen-bond acceptors (Lipinski definition) is 4. The molecule has 0 spiro atoms. The van der Waals surface area contributed by atoms with Gasteiger partial charge in [0.05, 0.1) is 28.1 Å². The smallest absolute Gasteiger partial charge is 0.262 e. The lowest BCUT2D eigenvalue weighted by molar-refractivity contribution is 0.579. The van der Waals surface area contributed by atoms with Crippen LogP contribution in [0, 0.1) is 6.92 Å². The van der Waals surface area contributed by atoms with E-state index in [0.29, 0.717) is 16.3 Å². The monoisotopic (exact) mass is 399 g/mol. The Morgan fingerprint density at radius 3 is 2.40 bits per heavy atom. The van der Waals surface area contributed by atoms with Crippen molar-refractivity contribution >= 4 is 37.1 Å². The molecule has 1 aliphatic rings. The predicted octanol–water partition coefficient (Wildman–Crippen LogP) is 3.03. The number of sulfone groups is 1. The highest BCUT2D eigenvalue weighted by molar-refractivity contribution is 7.93. The summed E-state index contributed by atoms with van der Waals surface area (Å²) in [5.41, 5.74) is 1.01. The largest absolute Gasteiger partial charge is 0.264 e. The molecule has 0 aromatic heterocycles. The molecule has 134 valence electrons. The van der Waals surface area contributed by atoms with E-state index in [1.54, 1.807) is 49.4 Å². The van der Waals surface area contributed by atoms with Gasteiger partial charge in [0.15, 0.2) is 9.84 Å². The molecule has 3 rings (SSSR count). The molecule has 25 heavy (non-hydrogen) atoms. The van der Waals surface area contributed by atoms with Gasteiger partial charge in [0.1, 0.15) is 0 Å². The van der Waals surface area contributed by atoms with Crippen molar-refractivity contribution in [3.05, 3.63) is 59.1 Å². The summed E-state index contributed by atoms with van der Waals surface area (Å²) >= 11 is 6.00. The number of para-hydroxylation sites is 1. The Morgan fingerprint density at radius 2 is 1.80 bits per heavy atom. The molecular weight excluding hydrogens is 382 g/mol. The molecule has 0 N–H and O–H groups in total. The summed E-state index contributed by atoms with van der Waals surface area (Å²) in [6.45, 7) is 1.69. The molecule has 0 bridgehead atoms. The second kappa shape index (κ2) is 6.63. The summed E-state index contributed by atoms with van der Waals surface area (Å²) in [7, 11) is -7.20. The van der Waals surface area contributed by atoms with E-state index in [2.05, 4.69) is 0 Å². The van der Waals surface area contributed by atoms with E-state index in [-0.39, 0.29) is 22.8 Å². The molecule has 0 unspecified atom stereocenters. The lowest BCUT2D eigenvalue weighted by atomic mass is 10.2. The van der Waals surface area contributed by atoms with Crippen molar-refractivity contribution < 1.29 is 16.8 Å². The van der Waals surface area contributed by atoms with Gasteiger partial charge in [0.2, 0.25) is 0 Å². The van der Waals surface area contributed by atoms with E-state index in [0.717, 1.165) is 0 Å². The first-order valence-corrected chi connectivity index (χ1v) is 11.4. The molecule has 0 aliphatic carbocycles. The molecule has 5 nitrogen and oxygen atoms in total. The molecule has 1 fully saturated rings. The minimum atomic E-state index is -3.96. The van der Waals surface area contributed by atoms with Gasteiger partial charge < -0.3 is 0 Å². The molecule has 2 aromatic rings. The first-order chi connectivity index (χ1) is 11.7. The second-order valence-corrected chi connectivity index (χ2v) is 10.6. The molecule has 1 saturated heterocycles. The minimum Gasteiger partial charge on any atom is -0.262 e. The molecule has 1 aliphatic heterocycles. The molecule has 8 heteroatoms. The fourth-order valence-electron chi connectivity index (χ4n) is 3.04. The van der Waals surface area contributed by atoms with E-state index in [1.165, 1.54) is 10.4 Å². The van der Waals surface area contributed by atoms with Crippen LogP contribution in [0.15, 0.2) is 53.4 Å². The van der Waals surface area contributed by atoms with Crippen LogP contribution >= 0.6 is 11.6 Å². The van der Waals surface area contributed by atoms with Crippen LogP contribution in [-0.4, -0.2) is 34.4 Å². The van der Waals surface area contributed by atoms with Crippen molar-refractivity contribution in [3.8, 4) is 0 Å². The Morgan fingerprint density at radius 1 is 1.12 bits per heavy atom. The van der Waals surface area contributed by atoms with E-state index >= 15 is 0 Å². The van der Waals surface area contributed by atoms with Crippen molar-refractivity contribution in [1.29, 1.82) is 0 Å². The Bertz CT molecular complexity index is 989. The summed E-state index contributed by atoms with van der Waals surface area (Å²) in [6.07, 6.45) is 0.274. The van der Waals surface area contributed by atoms with Crippen molar-refractivity contribution in [2.24, 2.45) is 0 Å². The van der Waals surface area contributed by atoms with Crippen molar-refractivity contribution in [3.63, 3.8) is 0 Å². The summed E-state index contributed by atoms with van der Waals surface area (Å²) in [6, 6.07) is 12.6. The molecule has 1 heterocycles. The summed E-state index contributed by atoms with van der Waals surface area (Å²) in [4.78, 5) is 0.0909. The van der Waals surface area contributed by atoms with Crippen LogP contribution in [0.2, 0.25) is 5.02 Å². The number of nitrogens with zero attached hydrogens (tertiary/aromatic N) is 1. The third kappa shape index (κ3) is 3.68. The maximum Gasteiger partial charge on any atom is 0.264 e.